The highest BCUT2D eigenvalue weighted by atomic mass is 16.2. The Kier molecular flexibility index (Phi) is 5.19. The van der Waals surface area contributed by atoms with Crippen molar-refractivity contribution in [1.82, 2.24) is 10.6 Å². The fourth-order valence-corrected chi connectivity index (χ4v) is 0.581. The molecule has 0 rings (SSSR count). The van der Waals surface area contributed by atoms with Crippen molar-refractivity contribution in [2.45, 2.75) is 6.92 Å². The van der Waals surface area contributed by atoms with Gasteiger partial charge in [0.1, 0.15) is 5.82 Å². The molecule has 0 aliphatic rings. The number of nitrogens with zero attached hydrogens (tertiary/aromatic N) is 1. The van der Waals surface area contributed by atoms with E-state index in [0.29, 0.717) is 0 Å². The summed E-state index contributed by atoms with van der Waals surface area (Å²) in [5.74, 6) is -0.991. The monoisotopic (exact) mass is 205 g/mol. The van der Waals surface area contributed by atoms with Gasteiger partial charge in [0.2, 0.25) is 5.91 Å². The fourth-order valence-electron chi connectivity index (χ4n) is 0.581. The summed E-state index contributed by atoms with van der Waals surface area (Å²) in [6, 6.07) is 1.69. The first-order chi connectivity index (χ1) is 7.01. The van der Waals surface area contributed by atoms with Crippen molar-refractivity contribution >= 4 is 11.8 Å². The van der Waals surface area contributed by atoms with E-state index in [2.05, 4.69) is 23.8 Å². The van der Waals surface area contributed by atoms with Crippen molar-refractivity contribution in [2.75, 3.05) is 0 Å². The molecule has 0 spiro atoms. The van der Waals surface area contributed by atoms with Gasteiger partial charge < -0.3 is 10.6 Å². The van der Waals surface area contributed by atoms with Crippen LogP contribution in [-0.4, -0.2) is 11.8 Å². The lowest BCUT2D eigenvalue weighted by atomic mass is 10.3. The Hall–Kier alpha value is -2.35. The second kappa shape index (κ2) is 6.16. The number of nitrogens with one attached hydrogen (secondary N) is 2. The molecule has 0 aromatic carbocycles. The Morgan fingerprint density at radius 1 is 1.40 bits per heavy atom. The summed E-state index contributed by atoms with van der Waals surface area (Å²) in [6.45, 7) is 8.16. The Balaban J connectivity index is 4.58. The molecule has 0 fully saturated rings. The molecule has 0 aliphatic heterocycles. The van der Waals surface area contributed by atoms with Crippen LogP contribution >= 0.6 is 0 Å². The number of allylic oxidation sites excluding steroid dienone is 1. The summed E-state index contributed by atoms with van der Waals surface area (Å²) in [6.07, 6.45) is 2.03. The van der Waals surface area contributed by atoms with Crippen LogP contribution in [0.15, 0.2) is 36.7 Å². The first-order valence-electron chi connectivity index (χ1n) is 4.01. The Bertz CT molecular complexity index is 375. The van der Waals surface area contributed by atoms with Crippen LogP contribution in [0.25, 0.3) is 0 Å². The third-order valence-corrected chi connectivity index (χ3v) is 1.29. The largest absolute Gasteiger partial charge is 0.308 e. The van der Waals surface area contributed by atoms with Crippen LogP contribution in [0.5, 0.6) is 0 Å². The van der Waals surface area contributed by atoms with E-state index in [0.717, 1.165) is 12.2 Å². The molecule has 0 aromatic rings. The average molecular weight is 205 g/mol. The summed E-state index contributed by atoms with van der Waals surface area (Å²) in [4.78, 5) is 22.1. The normalized spacial score (nSPS) is 9.73. The number of amides is 2. The van der Waals surface area contributed by atoms with Crippen LogP contribution in [0.4, 0.5) is 0 Å². The van der Waals surface area contributed by atoms with Gasteiger partial charge in [-0.05, 0) is 13.0 Å². The maximum absolute atomic E-state index is 11.2. The van der Waals surface area contributed by atoms with Gasteiger partial charge in [0, 0.05) is 5.57 Å². The van der Waals surface area contributed by atoms with E-state index in [1.807, 2.05) is 0 Å². The molecular formula is C10H11N3O2. The molecule has 0 radical (unpaired) electrons. The van der Waals surface area contributed by atoms with Gasteiger partial charge in [-0.2, -0.15) is 5.26 Å². The van der Waals surface area contributed by atoms with Crippen molar-refractivity contribution in [3.8, 4) is 6.07 Å². The number of hydrogen-bond donors (Lipinski definition) is 2. The van der Waals surface area contributed by atoms with Crippen molar-refractivity contribution in [2.24, 2.45) is 0 Å². The van der Waals surface area contributed by atoms with Crippen molar-refractivity contribution < 1.29 is 9.59 Å². The molecule has 78 valence electrons. The Morgan fingerprint density at radius 3 is 2.40 bits per heavy atom. The lowest BCUT2D eigenvalue weighted by Gasteiger charge is -2.08. The van der Waals surface area contributed by atoms with Crippen LogP contribution in [-0.2, 0) is 9.59 Å². The summed E-state index contributed by atoms with van der Waals surface area (Å²) < 4.78 is 0. The predicted octanol–water partition coefficient (Wildman–Crippen LogP) is 0.346. The van der Waals surface area contributed by atoms with Crippen LogP contribution in [0.1, 0.15) is 6.92 Å². The summed E-state index contributed by atoms with van der Waals surface area (Å²) >= 11 is 0. The molecule has 5 heteroatoms. The molecule has 0 heterocycles. The highest BCUT2D eigenvalue weighted by molar-refractivity contribution is 5.94. The first kappa shape index (κ1) is 12.7. The molecular weight excluding hydrogens is 194 g/mol. The minimum Gasteiger partial charge on any atom is -0.308 e. The molecule has 0 unspecified atom stereocenters. The smallest absolute Gasteiger partial charge is 0.251 e. The zero-order valence-electron chi connectivity index (χ0n) is 8.33. The second-order valence-electron chi connectivity index (χ2n) is 2.61. The first-order valence-corrected chi connectivity index (χ1v) is 4.01. The van der Waals surface area contributed by atoms with Gasteiger partial charge >= 0.3 is 0 Å². The van der Waals surface area contributed by atoms with Gasteiger partial charge in [0.05, 0.1) is 12.1 Å². The SMILES string of the molecule is C=CC(=O)NC(=CC#N)NC(=O)C(=C)C. The Labute approximate surface area is 87.8 Å². The van der Waals surface area contributed by atoms with E-state index in [4.69, 9.17) is 5.26 Å². The van der Waals surface area contributed by atoms with Gasteiger partial charge in [-0.15, -0.1) is 0 Å². The average Bonchev–Trinajstić information content (AvgIpc) is 2.17. The van der Waals surface area contributed by atoms with E-state index < -0.39 is 11.8 Å². The van der Waals surface area contributed by atoms with Gasteiger partial charge in [0.15, 0.2) is 0 Å². The molecule has 0 saturated heterocycles. The number of rotatable bonds is 4. The van der Waals surface area contributed by atoms with Gasteiger partial charge in [-0.3, -0.25) is 9.59 Å². The van der Waals surface area contributed by atoms with Crippen LogP contribution in [0, 0.1) is 11.3 Å². The van der Waals surface area contributed by atoms with Crippen molar-refractivity contribution in [1.29, 1.82) is 5.26 Å². The molecule has 0 saturated carbocycles. The van der Waals surface area contributed by atoms with E-state index in [9.17, 15) is 9.59 Å². The number of carbonyl (C=O) groups excluding carboxylic acids is 2. The second-order valence-corrected chi connectivity index (χ2v) is 2.61. The summed E-state index contributed by atoms with van der Waals surface area (Å²) in [5.41, 5.74) is 0.270. The van der Waals surface area contributed by atoms with Gasteiger partial charge in [-0.25, -0.2) is 0 Å². The molecule has 0 aromatic heterocycles. The molecule has 2 N–H and O–H groups in total. The number of carbonyl (C=O) groups is 2. The number of nitriles is 1. The molecule has 0 atom stereocenters. The van der Waals surface area contributed by atoms with E-state index >= 15 is 0 Å². The fraction of sp³-hybridized carbons (Fsp3) is 0.100. The molecule has 0 aliphatic carbocycles. The molecule has 2 amide bonds. The lowest BCUT2D eigenvalue weighted by Crippen LogP contribution is -2.34. The predicted molar refractivity (Wildman–Crippen MR) is 55.0 cm³/mol. The highest BCUT2D eigenvalue weighted by Gasteiger charge is 2.06. The molecule has 0 bridgehead atoms. The minimum absolute atomic E-state index is 0.00426. The summed E-state index contributed by atoms with van der Waals surface area (Å²) in [7, 11) is 0. The van der Waals surface area contributed by atoms with Crippen molar-refractivity contribution in [3.63, 3.8) is 0 Å². The van der Waals surface area contributed by atoms with Gasteiger partial charge in [0.25, 0.3) is 5.91 Å². The minimum atomic E-state index is -0.515. The third kappa shape index (κ3) is 5.05. The van der Waals surface area contributed by atoms with E-state index in [-0.39, 0.29) is 11.4 Å². The summed E-state index contributed by atoms with van der Waals surface area (Å²) in [5, 5.41) is 13.0. The van der Waals surface area contributed by atoms with E-state index in [1.54, 1.807) is 6.07 Å². The maximum atomic E-state index is 11.2. The van der Waals surface area contributed by atoms with Crippen LogP contribution in [0.2, 0.25) is 0 Å². The standard InChI is InChI=1S/C10H11N3O2/c1-4-9(14)12-8(5-6-11)13-10(15)7(2)3/h4-5H,1-2H2,3H3,(H,12,14)(H,13,15). The lowest BCUT2D eigenvalue weighted by molar-refractivity contribution is -0.117. The molecule has 5 nitrogen and oxygen atoms in total. The molecule has 15 heavy (non-hydrogen) atoms. The highest BCUT2D eigenvalue weighted by Crippen LogP contribution is 1.90. The number of hydrogen-bond acceptors (Lipinski definition) is 3. The topological polar surface area (TPSA) is 82.0 Å². The zero-order valence-corrected chi connectivity index (χ0v) is 8.33. The van der Waals surface area contributed by atoms with Crippen molar-refractivity contribution in [3.05, 3.63) is 36.7 Å². The quantitative estimate of drug-likeness (QED) is 0.513. The van der Waals surface area contributed by atoms with Gasteiger partial charge in [-0.1, -0.05) is 13.2 Å². The Morgan fingerprint density at radius 2 is 2.00 bits per heavy atom. The zero-order chi connectivity index (χ0) is 11.8. The van der Waals surface area contributed by atoms with E-state index in [1.165, 1.54) is 6.92 Å². The maximum Gasteiger partial charge on any atom is 0.251 e. The van der Waals surface area contributed by atoms with Crippen LogP contribution in [0.3, 0.4) is 0 Å². The third-order valence-electron chi connectivity index (χ3n) is 1.29. The van der Waals surface area contributed by atoms with Crippen LogP contribution < -0.4 is 10.6 Å².